The number of methoxy groups -OCH3 is 1. The normalized spacial score (nSPS) is 22.4. The van der Waals surface area contributed by atoms with E-state index in [1.54, 1.807) is 18.0 Å². The molecule has 14 nitrogen and oxygen atoms in total. The van der Waals surface area contributed by atoms with Crippen LogP contribution in [0.4, 0.5) is 10.6 Å². The van der Waals surface area contributed by atoms with Crippen LogP contribution in [0.3, 0.4) is 0 Å². The Morgan fingerprint density at radius 1 is 1.17 bits per heavy atom. The lowest BCUT2D eigenvalue weighted by molar-refractivity contribution is -0.137. The first-order chi connectivity index (χ1) is 20.4. The fraction of sp³-hybridized carbons (Fsp3) is 0.500. The van der Waals surface area contributed by atoms with Gasteiger partial charge in [-0.1, -0.05) is 12.0 Å². The highest BCUT2D eigenvalue weighted by Gasteiger charge is 2.47. The van der Waals surface area contributed by atoms with Crippen LogP contribution in [0.1, 0.15) is 43.9 Å². The van der Waals surface area contributed by atoms with Gasteiger partial charge in [-0.25, -0.2) is 19.7 Å². The third-order valence-corrected chi connectivity index (χ3v) is 7.34. The number of amides is 2. The second-order valence-electron chi connectivity index (χ2n) is 10.1. The first-order valence-corrected chi connectivity index (χ1v) is 13.9. The van der Waals surface area contributed by atoms with Gasteiger partial charge in [-0.05, 0) is 43.7 Å². The molecule has 3 aromatic rings. The average Bonchev–Trinajstić information content (AvgIpc) is 3.56. The average molecular weight is 579 g/mol. The molecule has 14 heteroatoms. The number of pyridine rings is 1. The molecule has 0 aromatic carbocycles. The molecule has 0 radical (unpaired) electrons. The number of carbonyl (C=O) groups excluding carboxylic acids is 2. The summed E-state index contributed by atoms with van der Waals surface area (Å²) in [5, 5.41) is 27.2. The molecule has 0 bridgehead atoms. The van der Waals surface area contributed by atoms with Crippen LogP contribution < -0.4 is 10.6 Å². The zero-order valence-corrected chi connectivity index (χ0v) is 23.4. The van der Waals surface area contributed by atoms with Gasteiger partial charge >= 0.3 is 6.09 Å². The highest BCUT2D eigenvalue weighted by molar-refractivity contribution is 5.84. The van der Waals surface area contributed by atoms with Crippen molar-refractivity contribution in [2.75, 3.05) is 32.1 Å². The first-order valence-electron chi connectivity index (χ1n) is 13.9. The maximum Gasteiger partial charge on any atom is 0.409 e. The Kier molecular flexibility index (Phi) is 9.11. The number of anilines is 1. The molecule has 4 atom stereocenters. The van der Waals surface area contributed by atoms with E-state index in [-0.39, 0.29) is 11.9 Å². The summed E-state index contributed by atoms with van der Waals surface area (Å²) in [6.07, 6.45) is -0.151. The molecule has 4 N–H and O–H groups in total. The quantitative estimate of drug-likeness (QED) is 0.292. The van der Waals surface area contributed by atoms with Gasteiger partial charge in [0.15, 0.2) is 29.3 Å². The lowest BCUT2D eigenvalue weighted by atomic mass is 9.94. The summed E-state index contributed by atoms with van der Waals surface area (Å²) in [6, 6.07) is 5.59. The summed E-state index contributed by atoms with van der Waals surface area (Å²) in [5.41, 5.74) is 1.51. The summed E-state index contributed by atoms with van der Waals surface area (Å²) >= 11 is 0. The van der Waals surface area contributed by atoms with Crippen molar-refractivity contribution in [3.8, 4) is 11.8 Å². The molecule has 2 aliphatic heterocycles. The zero-order chi connectivity index (χ0) is 29.6. The van der Waals surface area contributed by atoms with Crippen LogP contribution in [-0.2, 0) is 20.8 Å². The molecule has 222 valence electrons. The van der Waals surface area contributed by atoms with E-state index in [4.69, 9.17) is 9.47 Å². The zero-order valence-electron chi connectivity index (χ0n) is 23.4. The predicted molar refractivity (Wildman–Crippen MR) is 150 cm³/mol. The number of likely N-dealkylation sites (tertiary alicyclic amines) is 1. The maximum atomic E-state index is 12.4. The SMILES string of the molecule is CCNC(=O)[C@H]1O[C@@H](n2cnc3c(NCc4ccccn4)nc(C#CCC4CCN(C(=O)OC)CC4)nc32)C(O)[C@H]1O. The Labute approximate surface area is 242 Å². The smallest absolute Gasteiger partial charge is 0.409 e. The Bertz CT molecular complexity index is 1460. The number of fused-ring (bicyclic) bond motifs is 1. The predicted octanol–water partition coefficient (Wildman–Crippen LogP) is 0.809. The Hall–Kier alpha value is -4.32. The molecule has 2 saturated heterocycles. The monoisotopic (exact) mass is 578 g/mol. The van der Waals surface area contributed by atoms with E-state index in [0.29, 0.717) is 55.5 Å². The Morgan fingerprint density at radius 2 is 1.98 bits per heavy atom. The minimum atomic E-state index is -1.44. The second-order valence-corrected chi connectivity index (χ2v) is 10.1. The fourth-order valence-electron chi connectivity index (χ4n) is 5.06. The molecule has 2 aliphatic rings. The number of carbonyl (C=O) groups is 2. The number of hydrogen-bond donors (Lipinski definition) is 4. The van der Waals surface area contributed by atoms with Gasteiger partial charge in [0.2, 0.25) is 5.82 Å². The number of aliphatic hydroxyl groups is 2. The number of aliphatic hydroxyl groups excluding tert-OH is 2. The summed E-state index contributed by atoms with van der Waals surface area (Å²) in [4.78, 5) is 43.9. The largest absolute Gasteiger partial charge is 0.453 e. The second kappa shape index (κ2) is 13.1. The van der Waals surface area contributed by atoms with Crippen molar-refractivity contribution in [3.63, 3.8) is 0 Å². The van der Waals surface area contributed by atoms with E-state index < -0.39 is 30.4 Å². The van der Waals surface area contributed by atoms with Crippen LogP contribution in [0.5, 0.6) is 0 Å². The van der Waals surface area contributed by atoms with E-state index in [9.17, 15) is 19.8 Å². The van der Waals surface area contributed by atoms with Gasteiger partial charge in [-0.15, -0.1) is 0 Å². The molecule has 0 spiro atoms. The van der Waals surface area contributed by atoms with Crippen molar-refractivity contribution in [1.29, 1.82) is 0 Å². The van der Waals surface area contributed by atoms with Gasteiger partial charge < -0.3 is 35.2 Å². The number of ether oxygens (including phenoxy) is 2. The lowest BCUT2D eigenvalue weighted by Gasteiger charge is -2.29. The minimum absolute atomic E-state index is 0.230. The van der Waals surface area contributed by atoms with E-state index >= 15 is 0 Å². The minimum Gasteiger partial charge on any atom is -0.453 e. The summed E-state index contributed by atoms with van der Waals surface area (Å²) in [6.45, 7) is 3.71. The molecule has 0 aliphatic carbocycles. The number of nitrogens with zero attached hydrogens (tertiary/aromatic N) is 6. The number of piperidine rings is 1. The van der Waals surface area contributed by atoms with Crippen molar-refractivity contribution in [3.05, 3.63) is 42.2 Å². The number of imidazole rings is 1. The summed E-state index contributed by atoms with van der Waals surface area (Å²) in [7, 11) is 1.38. The topological polar surface area (TPSA) is 177 Å². The number of hydrogen-bond acceptors (Lipinski definition) is 11. The third kappa shape index (κ3) is 6.28. The van der Waals surface area contributed by atoms with Gasteiger partial charge in [0, 0.05) is 32.3 Å². The molecular formula is C28H34N8O6. The van der Waals surface area contributed by atoms with Gasteiger partial charge in [0.25, 0.3) is 5.91 Å². The van der Waals surface area contributed by atoms with Crippen molar-refractivity contribution >= 4 is 29.0 Å². The Balaban J connectivity index is 1.40. The molecular weight excluding hydrogens is 544 g/mol. The molecule has 2 fully saturated rings. The van der Waals surface area contributed by atoms with Crippen LogP contribution >= 0.6 is 0 Å². The van der Waals surface area contributed by atoms with Crippen molar-refractivity contribution in [1.82, 2.24) is 34.7 Å². The van der Waals surface area contributed by atoms with E-state index in [2.05, 4.69) is 42.4 Å². The molecule has 42 heavy (non-hydrogen) atoms. The summed E-state index contributed by atoms with van der Waals surface area (Å²) < 4.78 is 12.1. The molecule has 3 aromatic heterocycles. The Morgan fingerprint density at radius 3 is 2.69 bits per heavy atom. The van der Waals surface area contributed by atoms with Crippen molar-refractivity contribution in [2.45, 2.75) is 57.3 Å². The van der Waals surface area contributed by atoms with Crippen LogP contribution in [0.2, 0.25) is 0 Å². The number of nitrogens with one attached hydrogen (secondary N) is 2. The van der Waals surface area contributed by atoms with Crippen LogP contribution in [0.25, 0.3) is 11.2 Å². The van der Waals surface area contributed by atoms with Crippen LogP contribution in [0.15, 0.2) is 30.7 Å². The van der Waals surface area contributed by atoms with Gasteiger partial charge in [-0.3, -0.25) is 14.3 Å². The first kappa shape index (κ1) is 29.2. The number of likely N-dealkylation sites (N-methyl/N-ethyl adjacent to an activating group) is 1. The van der Waals surface area contributed by atoms with E-state index in [1.165, 1.54) is 18.0 Å². The van der Waals surface area contributed by atoms with Gasteiger partial charge in [-0.2, -0.15) is 0 Å². The molecule has 1 unspecified atom stereocenters. The van der Waals surface area contributed by atoms with Crippen LogP contribution in [0, 0.1) is 17.8 Å². The van der Waals surface area contributed by atoms with Gasteiger partial charge in [0.1, 0.15) is 12.2 Å². The van der Waals surface area contributed by atoms with E-state index in [1.807, 2.05) is 18.2 Å². The molecule has 5 rings (SSSR count). The molecule has 0 saturated carbocycles. The fourth-order valence-corrected chi connectivity index (χ4v) is 5.06. The maximum absolute atomic E-state index is 12.4. The number of rotatable bonds is 7. The van der Waals surface area contributed by atoms with Crippen molar-refractivity contribution in [2.24, 2.45) is 5.92 Å². The van der Waals surface area contributed by atoms with Crippen molar-refractivity contribution < 1.29 is 29.3 Å². The van der Waals surface area contributed by atoms with Gasteiger partial charge in [0.05, 0.1) is 25.7 Å². The van der Waals surface area contributed by atoms with Crippen LogP contribution in [-0.4, -0.2) is 96.7 Å². The molecule has 5 heterocycles. The highest BCUT2D eigenvalue weighted by Crippen LogP contribution is 2.33. The van der Waals surface area contributed by atoms with E-state index in [0.717, 1.165) is 18.5 Å². The molecule has 2 amide bonds. The lowest BCUT2D eigenvalue weighted by Crippen LogP contribution is -2.42. The summed E-state index contributed by atoms with van der Waals surface area (Å²) in [5.74, 6) is 6.67. The third-order valence-electron chi connectivity index (χ3n) is 7.34. The standard InChI is InChI=1S/C28H34N8O6/c1-3-29-26(39)23-21(37)22(38)27(42-23)36-16-32-20-24(31-15-18-8-4-5-12-30-18)33-19(34-25(20)36)9-6-7-17-10-13-35(14-11-17)28(40)41-2/h4-5,8,12,16-17,21-23,27,37-38H,3,7,10-11,13-15H2,1-2H3,(H,29,39)(H,31,33,34)/t21-,22?,23+,27-/m1/s1. The number of aromatic nitrogens is 5. The highest BCUT2D eigenvalue weighted by atomic mass is 16.6.